The molecule has 100 valence electrons. The summed E-state index contributed by atoms with van der Waals surface area (Å²) in [5.74, 6) is -0.459. The molecule has 1 aromatic rings. The van der Waals surface area contributed by atoms with Gasteiger partial charge in [0.2, 0.25) is 0 Å². The highest BCUT2D eigenvalue weighted by Crippen LogP contribution is 2.17. The molecule has 0 bridgehead atoms. The summed E-state index contributed by atoms with van der Waals surface area (Å²) < 4.78 is 18.2. The van der Waals surface area contributed by atoms with E-state index in [0.29, 0.717) is 11.0 Å². The zero-order chi connectivity index (χ0) is 13.7. The Hall–Kier alpha value is -0.940. The Bertz CT molecular complexity index is 423. The quantitative estimate of drug-likeness (QED) is 0.849. The highest BCUT2D eigenvalue weighted by atomic mass is 79.9. The van der Waals surface area contributed by atoms with Gasteiger partial charge in [0, 0.05) is 6.54 Å². The van der Waals surface area contributed by atoms with Gasteiger partial charge in [-0.2, -0.15) is 0 Å². The second-order valence-corrected chi connectivity index (χ2v) is 5.23. The molecule has 0 saturated carbocycles. The number of methoxy groups -OCH3 is 1. The summed E-state index contributed by atoms with van der Waals surface area (Å²) in [6.45, 7) is 4.36. The van der Waals surface area contributed by atoms with E-state index in [9.17, 15) is 9.18 Å². The van der Waals surface area contributed by atoms with Crippen LogP contribution in [0.5, 0.6) is 0 Å². The number of carbonyl (C=O) groups excluding carboxylic acids is 1. The molecule has 0 aromatic heterocycles. The van der Waals surface area contributed by atoms with Gasteiger partial charge in [0.05, 0.1) is 11.6 Å². The molecular weight excluding hydrogens is 301 g/mol. The van der Waals surface area contributed by atoms with Crippen molar-refractivity contribution in [1.82, 2.24) is 5.32 Å². The number of nitrogens with one attached hydrogen (secondary N) is 1. The van der Waals surface area contributed by atoms with Crippen LogP contribution in [0.3, 0.4) is 0 Å². The van der Waals surface area contributed by atoms with Crippen LogP contribution in [-0.2, 0) is 16.1 Å². The lowest BCUT2D eigenvalue weighted by atomic mass is 10.0. The lowest BCUT2D eigenvalue weighted by molar-refractivity contribution is -0.144. The lowest BCUT2D eigenvalue weighted by Crippen LogP contribution is -2.41. The zero-order valence-electron chi connectivity index (χ0n) is 10.7. The van der Waals surface area contributed by atoms with Crippen LogP contribution in [0, 0.1) is 11.7 Å². The predicted octanol–water partition coefficient (Wildman–Crippen LogP) is 2.88. The molecule has 0 aliphatic heterocycles. The standard InChI is InChI=1S/C13H17BrFNO2/c1-8(2)12(13(17)18-3)16-7-9-4-5-11(15)10(14)6-9/h4-6,8,12,16H,7H2,1-3H3/t12-/m0/s1. The second kappa shape index (κ2) is 6.85. The Morgan fingerprint density at radius 1 is 1.50 bits per heavy atom. The summed E-state index contributed by atoms with van der Waals surface area (Å²) in [5.41, 5.74) is 0.901. The minimum atomic E-state index is -0.362. The van der Waals surface area contributed by atoms with E-state index in [1.54, 1.807) is 12.1 Å². The van der Waals surface area contributed by atoms with Crippen molar-refractivity contribution in [3.8, 4) is 0 Å². The number of hydrogen-bond acceptors (Lipinski definition) is 3. The van der Waals surface area contributed by atoms with Gasteiger partial charge in [-0.1, -0.05) is 19.9 Å². The molecule has 0 aliphatic rings. The van der Waals surface area contributed by atoms with E-state index in [1.165, 1.54) is 13.2 Å². The van der Waals surface area contributed by atoms with Crippen LogP contribution >= 0.6 is 15.9 Å². The van der Waals surface area contributed by atoms with Crippen molar-refractivity contribution >= 4 is 21.9 Å². The van der Waals surface area contributed by atoms with Crippen LogP contribution in [0.2, 0.25) is 0 Å². The molecule has 3 nitrogen and oxygen atoms in total. The molecule has 0 unspecified atom stereocenters. The maximum Gasteiger partial charge on any atom is 0.323 e. The van der Waals surface area contributed by atoms with Gasteiger partial charge in [-0.25, -0.2) is 4.39 Å². The molecular formula is C13H17BrFNO2. The molecule has 0 fully saturated rings. The normalized spacial score (nSPS) is 12.6. The Labute approximate surface area is 115 Å². The molecule has 1 atom stereocenters. The van der Waals surface area contributed by atoms with Crippen molar-refractivity contribution in [2.45, 2.75) is 26.4 Å². The smallest absolute Gasteiger partial charge is 0.323 e. The Kier molecular flexibility index (Phi) is 5.75. The highest BCUT2D eigenvalue weighted by molar-refractivity contribution is 9.10. The molecule has 0 amide bonds. The zero-order valence-corrected chi connectivity index (χ0v) is 12.3. The molecule has 0 aliphatic carbocycles. The van der Waals surface area contributed by atoms with Gasteiger partial charge in [0.1, 0.15) is 11.9 Å². The molecule has 1 N–H and O–H groups in total. The summed E-state index contributed by atoms with van der Waals surface area (Å²) in [4.78, 5) is 11.5. The second-order valence-electron chi connectivity index (χ2n) is 4.37. The van der Waals surface area contributed by atoms with E-state index >= 15 is 0 Å². The Morgan fingerprint density at radius 2 is 2.17 bits per heavy atom. The molecule has 0 heterocycles. The van der Waals surface area contributed by atoms with Gasteiger partial charge in [-0.05, 0) is 39.5 Å². The molecule has 0 saturated heterocycles. The largest absolute Gasteiger partial charge is 0.468 e. The fourth-order valence-corrected chi connectivity index (χ4v) is 2.02. The van der Waals surface area contributed by atoms with Crippen LogP contribution in [0.25, 0.3) is 0 Å². The van der Waals surface area contributed by atoms with Crippen molar-refractivity contribution in [1.29, 1.82) is 0 Å². The fraction of sp³-hybridized carbons (Fsp3) is 0.462. The molecule has 18 heavy (non-hydrogen) atoms. The number of esters is 1. The summed E-state index contributed by atoms with van der Waals surface area (Å²) in [7, 11) is 1.37. The lowest BCUT2D eigenvalue weighted by Gasteiger charge is -2.19. The third-order valence-electron chi connectivity index (χ3n) is 2.63. The maximum absolute atomic E-state index is 13.1. The van der Waals surface area contributed by atoms with Crippen LogP contribution in [0.1, 0.15) is 19.4 Å². The number of halogens is 2. The van der Waals surface area contributed by atoms with Crippen molar-refractivity contribution in [3.63, 3.8) is 0 Å². The van der Waals surface area contributed by atoms with Crippen molar-refractivity contribution in [3.05, 3.63) is 34.1 Å². The molecule has 5 heteroatoms. The first-order valence-electron chi connectivity index (χ1n) is 5.70. The van der Waals surface area contributed by atoms with Gasteiger partial charge in [-0.3, -0.25) is 4.79 Å². The summed E-state index contributed by atoms with van der Waals surface area (Å²) in [6.07, 6.45) is 0. The molecule has 1 aromatic carbocycles. The molecule has 0 radical (unpaired) electrons. The van der Waals surface area contributed by atoms with Gasteiger partial charge in [0.15, 0.2) is 0 Å². The number of rotatable bonds is 5. The summed E-state index contributed by atoms with van der Waals surface area (Å²) in [6, 6.07) is 4.40. The fourth-order valence-electron chi connectivity index (χ4n) is 1.60. The van der Waals surface area contributed by atoms with E-state index in [-0.39, 0.29) is 23.7 Å². The van der Waals surface area contributed by atoms with Crippen LogP contribution in [-0.4, -0.2) is 19.1 Å². The van der Waals surface area contributed by atoms with Gasteiger partial charge >= 0.3 is 5.97 Å². The van der Waals surface area contributed by atoms with Crippen LogP contribution < -0.4 is 5.32 Å². The average molecular weight is 318 g/mol. The van der Waals surface area contributed by atoms with Gasteiger partial charge in [0.25, 0.3) is 0 Å². The first-order chi connectivity index (χ1) is 8.45. The van der Waals surface area contributed by atoms with Crippen LogP contribution in [0.4, 0.5) is 4.39 Å². The predicted molar refractivity (Wildman–Crippen MR) is 71.6 cm³/mol. The monoisotopic (exact) mass is 317 g/mol. The average Bonchev–Trinajstić information content (AvgIpc) is 2.33. The van der Waals surface area contributed by atoms with Crippen LogP contribution in [0.15, 0.2) is 22.7 Å². The van der Waals surface area contributed by atoms with Crippen molar-refractivity contribution in [2.75, 3.05) is 7.11 Å². The number of benzene rings is 1. The third-order valence-corrected chi connectivity index (χ3v) is 3.24. The van der Waals surface area contributed by atoms with E-state index < -0.39 is 0 Å². The maximum atomic E-state index is 13.1. The Morgan fingerprint density at radius 3 is 2.67 bits per heavy atom. The van der Waals surface area contributed by atoms with E-state index in [0.717, 1.165) is 5.56 Å². The first-order valence-corrected chi connectivity index (χ1v) is 6.50. The Balaban J connectivity index is 2.67. The molecule has 0 spiro atoms. The summed E-state index contributed by atoms with van der Waals surface area (Å²) >= 11 is 3.13. The molecule has 1 rings (SSSR count). The minimum absolute atomic E-state index is 0.126. The number of hydrogen-bond donors (Lipinski definition) is 1. The SMILES string of the molecule is COC(=O)[C@@H](NCc1ccc(F)c(Br)c1)C(C)C. The summed E-state index contributed by atoms with van der Waals surface area (Å²) in [5, 5.41) is 3.12. The highest BCUT2D eigenvalue weighted by Gasteiger charge is 2.22. The third kappa shape index (κ3) is 4.07. The number of ether oxygens (including phenoxy) is 1. The van der Waals surface area contributed by atoms with Crippen molar-refractivity contribution < 1.29 is 13.9 Å². The topological polar surface area (TPSA) is 38.3 Å². The van der Waals surface area contributed by atoms with E-state index in [1.807, 2.05) is 13.8 Å². The van der Waals surface area contributed by atoms with Gasteiger partial charge < -0.3 is 10.1 Å². The first kappa shape index (κ1) is 15.1. The van der Waals surface area contributed by atoms with E-state index in [2.05, 4.69) is 21.2 Å². The van der Waals surface area contributed by atoms with Crippen molar-refractivity contribution in [2.24, 2.45) is 5.92 Å². The van der Waals surface area contributed by atoms with E-state index in [4.69, 9.17) is 4.74 Å². The number of carbonyl (C=O) groups is 1. The van der Waals surface area contributed by atoms with Gasteiger partial charge in [-0.15, -0.1) is 0 Å². The minimum Gasteiger partial charge on any atom is -0.468 e.